The highest BCUT2D eigenvalue weighted by Crippen LogP contribution is 2.32. The lowest BCUT2D eigenvalue weighted by atomic mass is 10.2. The van der Waals surface area contributed by atoms with E-state index in [1.807, 2.05) is 30.5 Å². The van der Waals surface area contributed by atoms with Crippen LogP contribution in [0.25, 0.3) is 10.9 Å². The second kappa shape index (κ2) is 12.6. The molecule has 1 aromatic heterocycles. The number of fused-ring (bicyclic) bond motifs is 1. The van der Waals surface area contributed by atoms with Crippen LogP contribution in [0.1, 0.15) is 10.4 Å². The molecule has 0 aliphatic heterocycles. The SMILES string of the molecule is COc1ccc(Cl)cc1NC(=O)CSc1cn(CCNC(=O)c2ccc(OC)c(OC)c2)c2ccccc12. The van der Waals surface area contributed by atoms with E-state index in [1.165, 1.54) is 18.9 Å². The molecule has 0 aliphatic carbocycles. The number of methoxy groups -OCH3 is 3. The number of nitrogens with one attached hydrogen (secondary N) is 2. The van der Waals surface area contributed by atoms with Crippen molar-refractivity contribution in [2.45, 2.75) is 11.4 Å². The Morgan fingerprint density at radius 2 is 1.66 bits per heavy atom. The third-order valence-corrected chi connectivity index (χ3v) is 7.11. The van der Waals surface area contributed by atoms with E-state index in [-0.39, 0.29) is 17.6 Å². The van der Waals surface area contributed by atoms with Crippen molar-refractivity contribution in [1.82, 2.24) is 9.88 Å². The number of benzene rings is 3. The van der Waals surface area contributed by atoms with Crippen molar-refractivity contribution in [1.29, 1.82) is 0 Å². The second-order valence-electron chi connectivity index (χ2n) is 8.21. The average Bonchev–Trinajstić information content (AvgIpc) is 3.29. The number of para-hydroxylation sites is 1. The number of anilines is 1. The van der Waals surface area contributed by atoms with Crippen molar-refractivity contribution in [2.75, 3.05) is 38.9 Å². The first-order valence-corrected chi connectivity index (χ1v) is 13.1. The number of hydrogen-bond acceptors (Lipinski definition) is 6. The molecule has 10 heteroatoms. The summed E-state index contributed by atoms with van der Waals surface area (Å²) in [6.07, 6.45) is 2.01. The zero-order valence-electron chi connectivity index (χ0n) is 21.2. The number of ether oxygens (including phenoxy) is 3. The van der Waals surface area contributed by atoms with Gasteiger partial charge in [0.05, 0.1) is 32.8 Å². The van der Waals surface area contributed by atoms with Crippen LogP contribution in [-0.4, -0.2) is 50.0 Å². The first kappa shape index (κ1) is 27.2. The average molecular weight is 554 g/mol. The molecule has 0 saturated heterocycles. The van der Waals surface area contributed by atoms with E-state index in [0.717, 1.165) is 15.8 Å². The minimum Gasteiger partial charge on any atom is -0.495 e. The van der Waals surface area contributed by atoms with E-state index >= 15 is 0 Å². The summed E-state index contributed by atoms with van der Waals surface area (Å²) in [6, 6.07) is 18.1. The highest BCUT2D eigenvalue weighted by atomic mass is 35.5. The summed E-state index contributed by atoms with van der Waals surface area (Å²) in [5, 5.41) is 7.37. The molecule has 0 spiro atoms. The number of thioether (sulfide) groups is 1. The Balaban J connectivity index is 1.39. The van der Waals surface area contributed by atoms with Gasteiger partial charge in [0.1, 0.15) is 5.75 Å². The smallest absolute Gasteiger partial charge is 0.251 e. The molecule has 4 rings (SSSR count). The van der Waals surface area contributed by atoms with Gasteiger partial charge in [0.2, 0.25) is 5.91 Å². The standard InChI is InChI=1S/C28H28ClN3O5S/c1-35-23-11-9-19(29)15-21(23)31-27(33)17-38-26-16-32(22-7-5-4-6-20(22)26)13-12-30-28(34)18-8-10-24(36-2)25(14-18)37-3/h4-11,14-16H,12-13,17H2,1-3H3,(H,30,34)(H,31,33). The zero-order chi connectivity index (χ0) is 27.1. The van der Waals surface area contributed by atoms with Gasteiger partial charge in [-0.25, -0.2) is 0 Å². The van der Waals surface area contributed by atoms with E-state index in [0.29, 0.717) is 46.6 Å². The van der Waals surface area contributed by atoms with Crippen molar-refractivity contribution in [3.8, 4) is 17.2 Å². The van der Waals surface area contributed by atoms with E-state index in [9.17, 15) is 9.59 Å². The summed E-state index contributed by atoms with van der Waals surface area (Å²) in [5.41, 5.74) is 2.03. The maximum atomic E-state index is 12.7. The molecular formula is C28H28ClN3O5S. The monoisotopic (exact) mass is 553 g/mol. The molecule has 0 saturated carbocycles. The normalized spacial score (nSPS) is 10.7. The van der Waals surface area contributed by atoms with Gasteiger partial charge in [0.25, 0.3) is 5.91 Å². The Morgan fingerprint density at radius 1 is 0.921 bits per heavy atom. The fraction of sp³-hybridized carbons (Fsp3) is 0.214. The van der Waals surface area contributed by atoms with E-state index in [4.69, 9.17) is 25.8 Å². The summed E-state index contributed by atoms with van der Waals surface area (Å²) in [5.74, 6) is 1.43. The number of aromatic nitrogens is 1. The highest BCUT2D eigenvalue weighted by molar-refractivity contribution is 8.00. The lowest BCUT2D eigenvalue weighted by molar-refractivity contribution is -0.113. The van der Waals surface area contributed by atoms with Crippen molar-refractivity contribution in [2.24, 2.45) is 0 Å². The molecule has 0 radical (unpaired) electrons. The summed E-state index contributed by atoms with van der Waals surface area (Å²) < 4.78 is 17.9. The third-order valence-electron chi connectivity index (χ3n) is 5.83. The summed E-state index contributed by atoms with van der Waals surface area (Å²) >= 11 is 7.51. The second-order valence-corrected chi connectivity index (χ2v) is 9.66. The minimum atomic E-state index is -0.204. The molecule has 1 heterocycles. The van der Waals surface area contributed by atoms with Crippen LogP contribution in [0.5, 0.6) is 17.2 Å². The topological polar surface area (TPSA) is 90.8 Å². The Bertz CT molecular complexity index is 1460. The van der Waals surface area contributed by atoms with Crippen LogP contribution in [0.2, 0.25) is 5.02 Å². The van der Waals surface area contributed by atoms with Gasteiger partial charge in [-0.05, 0) is 42.5 Å². The first-order chi connectivity index (χ1) is 18.4. The summed E-state index contributed by atoms with van der Waals surface area (Å²) in [7, 11) is 4.62. The van der Waals surface area contributed by atoms with Gasteiger partial charge in [0.15, 0.2) is 11.5 Å². The Labute approximate surface area is 230 Å². The van der Waals surface area contributed by atoms with E-state index in [2.05, 4.69) is 15.2 Å². The minimum absolute atomic E-state index is 0.172. The van der Waals surface area contributed by atoms with E-state index < -0.39 is 0 Å². The summed E-state index contributed by atoms with van der Waals surface area (Å²) in [6.45, 7) is 0.983. The van der Waals surface area contributed by atoms with Crippen LogP contribution in [0.4, 0.5) is 5.69 Å². The molecule has 0 atom stereocenters. The molecule has 198 valence electrons. The highest BCUT2D eigenvalue weighted by Gasteiger charge is 2.14. The maximum Gasteiger partial charge on any atom is 0.251 e. The first-order valence-electron chi connectivity index (χ1n) is 11.8. The number of nitrogens with zero attached hydrogens (tertiary/aromatic N) is 1. The van der Waals surface area contributed by atoms with Crippen LogP contribution in [0.3, 0.4) is 0 Å². The van der Waals surface area contributed by atoms with E-state index in [1.54, 1.807) is 50.6 Å². The summed E-state index contributed by atoms with van der Waals surface area (Å²) in [4.78, 5) is 26.3. The molecule has 0 unspecified atom stereocenters. The molecule has 2 N–H and O–H groups in total. The van der Waals surface area contributed by atoms with Crippen LogP contribution >= 0.6 is 23.4 Å². The van der Waals surface area contributed by atoms with Gasteiger partial charge in [-0.15, -0.1) is 11.8 Å². The molecular weight excluding hydrogens is 526 g/mol. The van der Waals surface area contributed by atoms with Gasteiger partial charge in [0, 0.05) is 45.7 Å². The number of hydrogen-bond donors (Lipinski definition) is 2. The van der Waals surface area contributed by atoms with Crippen molar-refractivity contribution >= 4 is 51.8 Å². The quantitative estimate of drug-likeness (QED) is 0.239. The van der Waals surface area contributed by atoms with Crippen LogP contribution in [-0.2, 0) is 11.3 Å². The van der Waals surface area contributed by atoms with Gasteiger partial charge in [-0.1, -0.05) is 29.8 Å². The molecule has 2 amide bonds. The number of carbonyl (C=O) groups excluding carboxylic acids is 2. The van der Waals surface area contributed by atoms with Gasteiger partial charge in [-0.3, -0.25) is 9.59 Å². The number of halogens is 1. The molecule has 8 nitrogen and oxygen atoms in total. The fourth-order valence-electron chi connectivity index (χ4n) is 3.99. The van der Waals surface area contributed by atoms with Crippen LogP contribution in [0, 0.1) is 0 Å². The molecule has 0 aliphatic rings. The lowest BCUT2D eigenvalue weighted by Crippen LogP contribution is -2.27. The van der Waals surface area contributed by atoms with Crippen molar-refractivity contribution in [3.63, 3.8) is 0 Å². The fourth-order valence-corrected chi connectivity index (χ4v) is 5.05. The Kier molecular flexibility index (Phi) is 9.04. The van der Waals surface area contributed by atoms with Gasteiger partial charge >= 0.3 is 0 Å². The molecule has 3 aromatic carbocycles. The Hall–Kier alpha value is -3.82. The molecule has 38 heavy (non-hydrogen) atoms. The van der Waals surface area contributed by atoms with Crippen molar-refractivity contribution < 1.29 is 23.8 Å². The number of rotatable bonds is 11. The van der Waals surface area contributed by atoms with Crippen LogP contribution in [0.15, 0.2) is 71.8 Å². The van der Waals surface area contributed by atoms with Crippen molar-refractivity contribution in [3.05, 3.63) is 77.4 Å². The van der Waals surface area contributed by atoms with Crippen LogP contribution < -0.4 is 24.8 Å². The number of amides is 2. The third kappa shape index (κ3) is 6.35. The molecule has 0 bridgehead atoms. The number of carbonyl (C=O) groups is 2. The predicted octanol–water partition coefficient (Wildman–Crippen LogP) is 5.48. The molecule has 4 aromatic rings. The maximum absolute atomic E-state index is 12.7. The zero-order valence-corrected chi connectivity index (χ0v) is 22.8. The largest absolute Gasteiger partial charge is 0.495 e. The lowest BCUT2D eigenvalue weighted by Gasteiger charge is -2.11. The predicted molar refractivity (Wildman–Crippen MR) is 151 cm³/mol. The Morgan fingerprint density at radius 3 is 2.42 bits per heavy atom. The van der Waals surface area contributed by atoms with Gasteiger partial charge < -0.3 is 29.4 Å². The van der Waals surface area contributed by atoms with Gasteiger partial charge in [-0.2, -0.15) is 0 Å². The molecule has 0 fully saturated rings.